The Labute approximate surface area is 148 Å². The summed E-state index contributed by atoms with van der Waals surface area (Å²) in [6, 6.07) is 16.0. The first-order valence-electron chi connectivity index (χ1n) is 8.82. The molecule has 2 nitrogen and oxygen atoms in total. The van der Waals surface area contributed by atoms with E-state index in [1.807, 2.05) is 18.2 Å². The summed E-state index contributed by atoms with van der Waals surface area (Å²) in [5.41, 5.74) is 6.52. The molecule has 2 heteroatoms. The number of allylic oxidation sites excluding steroid dienone is 3. The number of aromatic carboxylic acids is 1. The van der Waals surface area contributed by atoms with Gasteiger partial charge in [0.15, 0.2) is 0 Å². The Morgan fingerprint density at radius 3 is 2.56 bits per heavy atom. The number of fused-ring (bicyclic) bond motifs is 2. The minimum atomic E-state index is -0.872. The molecule has 4 rings (SSSR count). The molecule has 0 bridgehead atoms. The van der Waals surface area contributed by atoms with Crippen molar-refractivity contribution in [1.82, 2.24) is 0 Å². The summed E-state index contributed by atoms with van der Waals surface area (Å²) in [7, 11) is 0. The number of carbonyl (C=O) groups is 1. The zero-order valence-electron chi connectivity index (χ0n) is 14.6. The molecule has 2 aromatic carbocycles. The second-order valence-corrected chi connectivity index (χ2v) is 7.52. The van der Waals surface area contributed by atoms with Crippen molar-refractivity contribution in [3.8, 4) is 0 Å². The van der Waals surface area contributed by atoms with Gasteiger partial charge in [-0.05, 0) is 58.6 Å². The molecule has 2 aromatic rings. The number of rotatable bonds is 2. The molecule has 0 amide bonds. The lowest BCUT2D eigenvalue weighted by Gasteiger charge is -2.44. The Bertz CT molecular complexity index is 901. The van der Waals surface area contributed by atoms with Crippen molar-refractivity contribution in [2.45, 2.75) is 32.1 Å². The van der Waals surface area contributed by atoms with Crippen molar-refractivity contribution in [2.75, 3.05) is 0 Å². The molecule has 1 N–H and O–H groups in total. The van der Waals surface area contributed by atoms with Crippen molar-refractivity contribution in [2.24, 2.45) is 5.92 Å². The molecular weight excluding hydrogens is 308 g/mol. The van der Waals surface area contributed by atoms with Crippen molar-refractivity contribution < 1.29 is 9.90 Å². The van der Waals surface area contributed by atoms with E-state index < -0.39 is 5.97 Å². The van der Waals surface area contributed by atoms with Gasteiger partial charge in [0.1, 0.15) is 0 Å². The van der Waals surface area contributed by atoms with Crippen LogP contribution in [0.4, 0.5) is 0 Å². The first kappa shape index (κ1) is 15.9. The number of hydrogen-bond donors (Lipinski definition) is 1. The zero-order valence-corrected chi connectivity index (χ0v) is 14.6. The van der Waals surface area contributed by atoms with Crippen LogP contribution >= 0.6 is 0 Å². The topological polar surface area (TPSA) is 37.3 Å². The highest BCUT2D eigenvalue weighted by Crippen LogP contribution is 2.52. The molecule has 2 aliphatic rings. The monoisotopic (exact) mass is 330 g/mol. The third-order valence-corrected chi connectivity index (χ3v) is 5.78. The van der Waals surface area contributed by atoms with Gasteiger partial charge in [-0.2, -0.15) is 0 Å². The Morgan fingerprint density at radius 2 is 1.84 bits per heavy atom. The largest absolute Gasteiger partial charge is 0.478 e. The molecule has 2 aliphatic carbocycles. The van der Waals surface area contributed by atoms with Gasteiger partial charge in [-0.3, -0.25) is 0 Å². The van der Waals surface area contributed by atoms with Gasteiger partial charge in [0, 0.05) is 0 Å². The van der Waals surface area contributed by atoms with E-state index in [-0.39, 0.29) is 5.41 Å². The molecule has 1 atom stereocenters. The van der Waals surface area contributed by atoms with E-state index in [4.69, 9.17) is 0 Å². The fraction of sp³-hybridized carbons (Fsp3) is 0.261. The summed E-state index contributed by atoms with van der Waals surface area (Å²) in [4.78, 5) is 11.5. The van der Waals surface area contributed by atoms with Crippen molar-refractivity contribution in [1.29, 1.82) is 0 Å². The van der Waals surface area contributed by atoms with Crippen LogP contribution in [-0.4, -0.2) is 11.1 Å². The predicted molar refractivity (Wildman–Crippen MR) is 101 cm³/mol. The Hall–Kier alpha value is -2.61. The fourth-order valence-corrected chi connectivity index (χ4v) is 4.49. The van der Waals surface area contributed by atoms with Gasteiger partial charge >= 0.3 is 5.97 Å². The smallest absolute Gasteiger partial charge is 0.335 e. The second kappa shape index (κ2) is 5.73. The molecule has 0 saturated carbocycles. The Morgan fingerprint density at radius 1 is 1.08 bits per heavy atom. The van der Waals surface area contributed by atoms with Gasteiger partial charge < -0.3 is 5.11 Å². The first-order valence-corrected chi connectivity index (χ1v) is 8.82. The van der Waals surface area contributed by atoms with Gasteiger partial charge in [0.05, 0.1) is 5.56 Å². The van der Waals surface area contributed by atoms with Gasteiger partial charge in [0.25, 0.3) is 0 Å². The standard InChI is InChI=1S/C23H22O2/c1-23(2)19-11-7-6-10-17(19)21(15-8-4-3-5-9-15)18-14-16(22(24)25)12-13-20(18)23/h3-9,12-14,19H,10-11H2,1-2H3,(H,24,25). The van der Waals surface area contributed by atoms with E-state index in [1.165, 1.54) is 22.3 Å². The summed E-state index contributed by atoms with van der Waals surface area (Å²) >= 11 is 0. The maximum absolute atomic E-state index is 11.5. The van der Waals surface area contributed by atoms with Crippen LogP contribution in [0.1, 0.15) is 53.7 Å². The molecule has 25 heavy (non-hydrogen) atoms. The van der Waals surface area contributed by atoms with Crippen LogP contribution in [0.2, 0.25) is 0 Å². The van der Waals surface area contributed by atoms with Crippen LogP contribution in [0.3, 0.4) is 0 Å². The average molecular weight is 330 g/mol. The SMILES string of the molecule is CC1(C)c2ccc(C(=O)O)cc2C(c2ccccc2)=C2CC=CCC21. The molecule has 0 saturated heterocycles. The van der Waals surface area contributed by atoms with Gasteiger partial charge in [-0.1, -0.05) is 68.0 Å². The molecule has 0 aliphatic heterocycles. The lowest BCUT2D eigenvalue weighted by atomic mass is 9.59. The maximum atomic E-state index is 11.5. The van der Waals surface area contributed by atoms with Crippen molar-refractivity contribution >= 4 is 11.5 Å². The highest BCUT2D eigenvalue weighted by molar-refractivity contribution is 5.93. The molecule has 1 unspecified atom stereocenters. The number of benzene rings is 2. The highest BCUT2D eigenvalue weighted by Gasteiger charge is 2.41. The fourth-order valence-electron chi connectivity index (χ4n) is 4.49. The molecule has 0 spiro atoms. The van der Waals surface area contributed by atoms with Gasteiger partial charge in [-0.15, -0.1) is 0 Å². The molecule has 0 fully saturated rings. The summed E-state index contributed by atoms with van der Waals surface area (Å²) in [5, 5.41) is 9.48. The lowest BCUT2D eigenvalue weighted by Crippen LogP contribution is -2.36. The van der Waals surface area contributed by atoms with Crippen LogP contribution in [0.15, 0.2) is 66.3 Å². The summed E-state index contributed by atoms with van der Waals surface area (Å²) in [5.74, 6) is -0.417. The Balaban J connectivity index is 2.05. The molecule has 0 radical (unpaired) electrons. The highest BCUT2D eigenvalue weighted by atomic mass is 16.4. The van der Waals surface area contributed by atoms with E-state index in [0.717, 1.165) is 18.4 Å². The van der Waals surface area contributed by atoms with E-state index in [9.17, 15) is 9.90 Å². The van der Waals surface area contributed by atoms with Crippen LogP contribution in [0.25, 0.3) is 5.57 Å². The summed E-state index contributed by atoms with van der Waals surface area (Å²) in [6.45, 7) is 4.58. The zero-order chi connectivity index (χ0) is 17.6. The lowest BCUT2D eigenvalue weighted by molar-refractivity contribution is 0.0696. The van der Waals surface area contributed by atoms with Crippen molar-refractivity contribution in [3.05, 3.63) is 88.5 Å². The molecule has 126 valence electrons. The maximum Gasteiger partial charge on any atom is 0.335 e. The minimum Gasteiger partial charge on any atom is -0.478 e. The van der Waals surface area contributed by atoms with Gasteiger partial charge in [0.2, 0.25) is 0 Å². The minimum absolute atomic E-state index is 0.00919. The van der Waals surface area contributed by atoms with Crippen LogP contribution in [-0.2, 0) is 5.41 Å². The molecule has 0 heterocycles. The summed E-state index contributed by atoms with van der Waals surface area (Å²) < 4.78 is 0. The predicted octanol–water partition coefficient (Wildman–Crippen LogP) is 5.44. The third kappa shape index (κ3) is 2.44. The van der Waals surface area contributed by atoms with E-state index >= 15 is 0 Å². The Kier molecular flexibility index (Phi) is 3.64. The van der Waals surface area contributed by atoms with Crippen molar-refractivity contribution in [3.63, 3.8) is 0 Å². The summed E-state index contributed by atoms with van der Waals surface area (Å²) in [6.07, 6.45) is 6.51. The average Bonchev–Trinajstić information content (AvgIpc) is 2.62. The quantitative estimate of drug-likeness (QED) is 0.744. The third-order valence-electron chi connectivity index (χ3n) is 5.78. The number of carboxylic acids is 1. The van der Waals surface area contributed by atoms with E-state index in [2.05, 4.69) is 50.3 Å². The van der Waals surface area contributed by atoms with Gasteiger partial charge in [-0.25, -0.2) is 4.79 Å². The molecular formula is C23H22O2. The normalized spacial score (nSPS) is 20.8. The van der Waals surface area contributed by atoms with Crippen LogP contribution in [0, 0.1) is 5.92 Å². The van der Waals surface area contributed by atoms with E-state index in [0.29, 0.717) is 11.5 Å². The number of hydrogen-bond acceptors (Lipinski definition) is 1. The second-order valence-electron chi connectivity index (χ2n) is 7.52. The van der Waals surface area contributed by atoms with Crippen LogP contribution in [0.5, 0.6) is 0 Å². The van der Waals surface area contributed by atoms with Crippen LogP contribution < -0.4 is 0 Å². The molecule has 0 aromatic heterocycles. The van der Waals surface area contributed by atoms with E-state index in [1.54, 1.807) is 6.07 Å². The first-order chi connectivity index (χ1) is 12.0. The number of carboxylic acid groups (broad SMARTS) is 1.